The number of aromatic nitrogens is 2. The fourth-order valence-corrected chi connectivity index (χ4v) is 1.78. The molecule has 1 aromatic heterocycles. The lowest BCUT2D eigenvalue weighted by Crippen LogP contribution is -2.30. The van der Waals surface area contributed by atoms with Gasteiger partial charge in [-0.05, 0) is 25.8 Å². The maximum Gasteiger partial charge on any atom is 0.226 e. The van der Waals surface area contributed by atoms with Crippen molar-refractivity contribution in [1.29, 1.82) is 0 Å². The summed E-state index contributed by atoms with van der Waals surface area (Å²) >= 11 is 4.98. The highest BCUT2D eigenvalue weighted by Crippen LogP contribution is 2.13. The third-order valence-electron chi connectivity index (χ3n) is 2.99. The zero-order chi connectivity index (χ0) is 13.7. The van der Waals surface area contributed by atoms with Gasteiger partial charge in [0.25, 0.3) is 0 Å². The summed E-state index contributed by atoms with van der Waals surface area (Å²) in [5.41, 5.74) is 7.19. The van der Waals surface area contributed by atoms with Crippen LogP contribution in [-0.2, 0) is 0 Å². The van der Waals surface area contributed by atoms with Crippen LogP contribution in [0.3, 0.4) is 0 Å². The Kier molecular flexibility index (Phi) is 5.47. The van der Waals surface area contributed by atoms with Crippen LogP contribution in [0.5, 0.6) is 0 Å². The molecule has 0 spiro atoms. The van der Waals surface area contributed by atoms with Crippen LogP contribution in [0.4, 0.5) is 5.95 Å². The van der Waals surface area contributed by atoms with Crippen LogP contribution >= 0.6 is 12.2 Å². The normalized spacial score (nSPS) is 12.2. The number of rotatable bonds is 6. The van der Waals surface area contributed by atoms with E-state index in [0.717, 1.165) is 31.2 Å². The number of hydrogen-bond donors (Lipinski definition) is 1. The molecule has 1 atom stereocenters. The highest BCUT2D eigenvalue weighted by atomic mass is 32.1. The van der Waals surface area contributed by atoms with Crippen molar-refractivity contribution in [3.63, 3.8) is 0 Å². The van der Waals surface area contributed by atoms with Crippen LogP contribution in [0.25, 0.3) is 0 Å². The van der Waals surface area contributed by atoms with Gasteiger partial charge < -0.3 is 10.6 Å². The van der Waals surface area contributed by atoms with Crippen LogP contribution < -0.4 is 10.6 Å². The first-order valence-corrected chi connectivity index (χ1v) is 6.79. The molecule has 0 radical (unpaired) electrons. The molecule has 5 heteroatoms. The third-order valence-corrected chi connectivity index (χ3v) is 3.20. The molecule has 18 heavy (non-hydrogen) atoms. The van der Waals surface area contributed by atoms with Crippen molar-refractivity contribution in [3.8, 4) is 0 Å². The Morgan fingerprint density at radius 2 is 2.11 bits per heavy atom. The van der Waals surface area contributed by atoms with Gasteiger partial charge in [0, 0.05) is 18.8 Å². The highest BCUT2D eigenvalue weighted by molar-refractivity contribution is 7.80. The molecule has 0 amide bonds. The maximum atomic E-state index is 5.64. The first-order chi connectivity index (χ1) is 8.47. The minimum absolute atomic E-state index is 0.321. The Balaban J connectivity index is 3.01. The lowest BCUT2D eigenvalue weighted by molar-refractivity contribution is 0.542. The second kappa shape index (κ2) is 6.64. The number of aryl methyl sites for hydroxylation is 1. The van der Waals surface area contributed by atoms with Crippen LogP contribution in [0.1, 0.15) is 38.6 Å². The molecule has 1 heterocycles. The Morgan fingerprint density at radius 3 is 2.61 bits per heavy atom. The minimum atomic E-state index is 0.321. The molecular formula is C13H22N4S. The predicted molar refractivity (Wildman–Crippen MR) is 80.0 cm³/mol. The fraction of sp³-hybridized carbons (Fsp3) is 0.615. The Morgan fingerprint density at radius 1 is 1.44 bits per heavy atom. The van der Waals surface area contributed by atoms with Crippen LogP contribution in [0.15, 0.2) is 6.07 Å². The largest absolute Gasteiger partial charge is 0.388 e. The van der Waals surface area contributed by atoms with Crippen LogP contribution in [-0.4, -0.2) is 28.0 Å². The van der Waals surface area contributed by atoms with E-state index in [1.807, 2.05) is 13.0 Å². The van der Waals surface area contributed by atoms with Crippen LogP contribution in [0, 0.1) is 12.8 Å². The van der Waals surface area contributed by atoms with E-state index in [-0.39, 0.29) is 0 Å². The molecule has 0 saturated heterocycles. The van der Waals surface area contributed by atoms with Crippen LogP contribution in [0.2, 0.25) is 0 Å². The third kappa shape index (κ3) is 3.91. The van der Waals surface area contributed by atoms with E-state index in [2.05, 4.69) is 35.6 Å². The number of anilines is 1. The van der Waals surface area contributed by atoms with Crippen molar-refractivity contribution in [2.75, 3.05) is 18.0 Å². The summed E-state index contributed by atoms with van der Waals surface area (Å²) in [6.45, 7) is 10.3. The molecule has 0 aliphatic rings. The lowest BCUT2D eigenvalue weighted by Gasteiger charge is -2.24. The van der Waals surface area contributed by atoms with Gasteiger partial charge in [-0.2, -0.15) is 0 Å². The molecule has 0 aliphatic carbocycles. The topological polar surface area (TPSA) is 55.0 Å². The summed E-state index contributed by atoms with van der Waals surface area (Å²) in [6.07, 6.45) is 1.14. The van der Waals surface area contributed by atoms with Gasteiger partial charge >= 0.3 is 0 Å². The molecule has 0 aromatic carbocycles. The van der Waals surface area contributed by atoms with E-state index in [1.165, 1.54) is 0 Å². The standard InChI is InChI=1S/C13H22N4S/c1-5-9(3)8-17(6-2)13-15-10(4)7-11(16-13)12(14)18/h7,9H,5-6,8H2,1-4H3,(H2,14,18). The summed E-state index contributed by atoms with van der Waals surface area (Å²) in [5, 5.41) is 0. The van der Waals surface area contributed by atoms with Gasteiger partial charge in [0.15, 0.2) is 0 Å². The predicted octanol–water partition coefficient (Wildman–Crippen LogP) is 2.29. The summed E-state index contributed by atoms with van der Waals surface area (Å²) < 4.78 is 0. The van der Waals surface area contributed by atoms with Gasteiger partial charge in [0.2, 0.25) is 5.95 Å². The molecular weight excluding hydrogens is 244 g/mol. The zero-order valence-electron chi connectivity index (χ0n) is 11.6. The number of hydrogen-bond acceptors (Lipinski definition) is 4. The first-order valence-electron chi connectivity index (χ1n) is 6.38. The van der Waals surface area contributed by atoms with E-state index >= 15 is 0 Å². The summed E-state index contributed by atoms with van der Waals surface area (Å²) in [7, 11) is 0. The second-order valence-corrected chi connectivity index (χ2v) is 5.05. The summed E-state index contributed by atoms with van der Waals surface area (Å²) in [5.74, 6) is 1.34. The molecule has 1 rings (SSSR count). The molecule has 0 aliphatic heterocycles. The van der Waals surface area contributed by atoms with Gasteiger partial charge in [-0.15, -0.1) is 0 Å². The van der Waals surface area contributed by atoms with Gasteiger partial charge in [-0.3, -0.25) is 0 Å². The average Bonchev–Trinajstić information content (AvgIpc) is 2.34. The molecule has 100 valence electrons. The maximum absolute atomic E-state index is 5.64. The van der Waals surface area contributed by atoms with E-state index in [4.69, 9.17) is 18.0 Å². The molecule has 0 saturated carbocycles. The van der Waals surface area contributed by atoms with Crippen molar-refractivity contribution in [2.45, 2.75) is 34.1 Å². The van der Waals surface area contributed by atoms with E-state index in [1.54, 1.807) is 0 Å². The summed E-state index contributed by atoms with van der Waals surface area (Å²) in [6, 6.07) is 1.82. The van der Waals surface area contributed by atoms with E-state index < -0.39 is 0 Å². The van der Waals surface area contributed by atoms with Gasteiger partial charge in [-0.1, -0.05) is 32.5 Å². The molecule has 0 fully saturated rings. The number of nitrogens with zero attached hydrogens (tertiary/aromatic N) is 3. The minimum Gasteiger partial charge on any atom is -0.388 e. The highest BCUT2D eigenvalue weighted by Gasteiger charge is 2.13. The van der Waals surface area contributed by atoms with E-state index in [0.29, 0.717) is 16.6 Å². The monoisotopic (exact) mass is 266 g/mol. The average molecular weight is 266 g/mol. The van der Waals surface area contributed by atoms with Crippen molar-refractivity contribution in [3.05, 3.63) is 17.5 Å². The molecule has 2 N–H and O–H groups in total. The second-order valence-electron chi connectivity index (χ2n) is 4.61. The van der Waals surface area contributed by atoms with Crippen molar-refractivity contribution < 1.29 is 0 Å². The van der Waals surface area contributed by atoms with Gasteiger partial charge in [0.1, 0.15) is 10.7 Å². The zero-order valence-corrected chi connectivity index (χ0v) is 12.4. The molecule has 1 aromatic rings. The molecule has 1 unspecified atom stereocenters. The van der Waals surface area contributed by atoms with Crippen molar-refractivity contribution in [1.82, 2.24) is 9.97 Å². The number of thiocarbonyl (C=S) groups is 1. The first kappa shape index (κ1) is 14.8. The quantitative estimate of drug-likeness (QED) is 0.801. The number of nitrogens with two attached hydrogens (primary N) is 1. The summed E-state index contributed by atoms with van der Waals surface area (Å²) in [4.78, 5) is 11.4. The lowest BCUT2D eigenvalue weighted by atomic mass is 10.1. The Labute approximate surface area is 115 Å². The van der Waals surface area contributed by atoms with E-state index in [9.17, 15) is 0 Å². The molecule has 4 nitrogen and oxygen atoms in total. The van der Waals surface area contributed by atoms with Gasteiger partial charge in [-0.25, -0.2) is 9.97 Å². The smallest absolute Gasteiger partial charge is 0.226 e. The Bertz CT molecular complexity index is 419. The van der Waals surface area contributed by atoms with Gasteiger partial charge in [0.05, 0.1) is 0 Å². The fourth-order valence-electron chi connectivity index (χ4n) is 1.68. The van der Waals surface area contributed by atoms with Crippen molar-refractivity contribution in [2.24, 2.45) is 11.7 Å². The molecule has 0 bridgehead atoms. The van der Waals surface area contributed by atoms with Crippen molar-refractivity contribution >= 4 is 23.2 Å². The Hall–Kier alpha value is -1.23. The SMILES string of the molecule is CCC(C)CN(CC)c1nc(C)cc(C(N)=S)n1.